The molecule has 4 rings (SSSR count). The van der Waals surface area contributed by atoms with Crippen LogP contribution in [0.15, 0.2) is 30.5 Å². The Balaban J connectivity index is 1.55. The van der Waals surface area contributed by atoms with E-state index in [0.29, 0.717) is 0 Å². The van der Waals surface area contributed by atoms with Crippen molar-refractivity contribution in [2.75, 3.05) is 32.8 Å². The molecule has 2 aromatic rings. The number of fused-ring (bicyclic) bond motifs is 1. The van der Waals surface area contributed by atoms with Crippen LogP contribution < -0.4 is 0 Å². The Morgan fingerprint density at radius 1 is 1.24 bits per heavy atom. The highest BCUT2D eigenvalue weighted by Crippen LogP contribution is 2.35. The molecule has 1 aromatic carbocycles. The molecule has 1 aromatic heterocycles. The maximum Gasteiger partial charge on any atom is 0.117 e. The van der Waals surface area contributed by atoms with Crippen molar-refractivity contribution < 1.29 is 14.9 Å². The maximum atomic E-state index is 10.5. The van der Waals surface area contributed by atoms with Gasteiger partial charge in [0.05, 0.1) is 31.2 Å². The number of aliphatic hydroxyl groups is 1. The molecule has 2 heterocycles. The van der Waals surface area contributed by atoms with Crippen molar-refractivity contribution >= 4 is 0 Å². The van der Waals surface area contributed by atoms with Gasteiger partial charge in [0.1, 0.15) is 5.75 Å². The zero-order valence-electron chi connectivity index (χ0n) is 14.3. The molecule has 0 radical (unpaired) electrons. The van der Waals surface area contributed by atoms with Gasteiger partial charge >= 0.3 is 0 Å². The molecule has 2 atom stereocenters. The summed E-state index contributed by atoms with van der Waals surface area (Å²) in [6, 6.07) is 7.16. The summed E-state index contributed by atoms with van der Waals surface area (Å²) in [4.78, 5) is 2.41. The molecule has 0 amide bonds. The minimum atomic E-state index is -0.310. The summed E-state index contributed by atoms with van der Waals surface area (Å²) in [5.41, 5.74) is 3.17. The number of ether oxygens (including phenoxy) is 1. The quantitative estimate of drug-likeness (QED) is 0.884. The van der Waals surface area contributed by atoms with Gasteiger partial charge in [-0.15, -0.1) is 0 Å². The van der Waals surface area contributed by atoms with Crippen LogP contribution in [0.4, 0.5) is 0 Å². The Morgan fingerprint density at radius 2 is 2.08 bits per heavy atom. The van der Waals surface area contributed by atoms with Crippen LogP contribution in [0.5, 0.6) is 5.75 Å². The van der Waals surface area contributed by atoms with E-state index >= 15 is 0 Å². The number of hydrogen-bond donors (Lipinski definition) is 2. The van der Waals surface area contributed by atoms with Gasteiger partial charge in [0.15, 0.2) is 0 Å². The lowest BCUT2D eigenvalue weighted by Crippen LogP contribution is -2.38. The van der Waals surface area contributed by atoms with Crippen LogP contribution in [-0.4, -0.2) is 63.8 Å². The van der Waals surface area contributed by atoms with Crippen molar-refractivity contribution in [3.05, 3.63) is 41.7 Å². The summed E-state index contributed by atoms with van der Waals surface area (Å²) in [5, 5.41) is 24.8. The van der Waals surface area contributed by atoms with E-state index < -0.39 is 0 Å². The fraction of sp³-hybridized carbons (Fsp3) is 0.526. The van der Waals surface area contributed by atoms with Gasteiger partial charge in [0, 0.05) is 30.8 Å². The number of benzene rings is 1. The predicted octanol–water partition coefficient (Wildman–Crippen LogP) is 1.69. The first-order valence-corrected chi connectivity index (χ1v) is 9.07. The van der Waals surface area contributed by atoms with E-state index in [-0.39, 0.29) is 17.8 Å². The Morgan fingerprint density at radius 3 is 2.88 bits per heavy atom. The number of phenols is 1. The zero-order valence-corrected chi connectivity index (χ0v) is 14.3. The summed E-state index contributed by atoms with van der Waals surface area (Å²) in [7, 11) is 0. The molecule has 1 fully saturated rings. The SMILES string of the molecule is Oc1cccc(-n2ncc3c2CCC(O)C3CCN2CCOCC2)c1. The van der Waals surface area contributed by atoms with Crippen LogP contribution in [0.25, 0.3) is 5.69 Å². The van der Waals surface area contributed by atoms with Crippen LogP contribution in [0, 0.1) is 0 Å². The molecule has 2 N–H and O–H groups in total. The second-order valence-electron chi connectivity index (χ2n) is 6.93. The largest absolute Gasteiger partial charge is 0.508 e. The van der Waals surface area contributed by atoms with Crippen LogP contribution >= 0.6 is 0 Å². The summed E-state index contributed by atoms with van der Waals surface area (Å²) < 4.78 is 7.31. The van der Waals surface area contributed by atoms with E-state index in [2.05, 4.69) is 10.00 Å². The van der Waals surface area contributed by atoms with Gasteiger partial charge in [-0.2, -0.15) is 5.10 Å². The van der Waals surface area contributed by atoms with Crippen molar-refractivity contribution in [2.45, 2.75) is 31.3 Å². The van der Waals surface area contributed by atoms with Gasteiger partial charge in [-0.3, -0.25) is 4.90 Å². The number of aromatic nitrogens is 2. The molecule has 0 bridgehead atoms. The molecule has 0 saturated carbocycles. The van der Waals surface area contributed by atoms with Crippen LogP contribution in [0.3, 0.4) is 0 Å². The first-order valence-electron chi connectivity index (χ1n) is 9.07. The first-order chi connectivity index (χ1) is 12.2. The van der Waals surface area contributed by atoms with E-state index in [1.54, 1.807) is 12.1 Å². The van der Waals surface area contributed by atoms with Crippen LogP contribution in [0.2, 0.25) is 0 Å². The van der Waals surface area contributed by atoms with Gasteiger partial charge in [0.2, 0.25) is 0 Å². The summed E-state index contributed by atoms with van der Waals surface area (Å²) in [6.07, 6.45) is 4.08. The highest BCUT2D eigenvalue weighted by atomic mass is 16.5. The lowest BCUT2D eigenvalue weighted by atomic mass is 9.82. The molecule has 1 aliphatic carbocycles. The summed E-state index contributed by atoms with van der Waals surface area (Å²) in [5.74, 6) is 0.360. The third-order valence-electron chi connectivity index (χ3n) is 5.38. The molecule has 6 heteroatoms. The molecule has 25 heavy (non-hydrogen) atoms. The topological polar surface area (TPSA) is 70.8 Å². The number of rotatable bonds is 4. The van der Waals surface area contributed by atoms with E-state index in [0.717, 1.165) is 69.1 Å². The number of aromatic hydroxyl groups is 1. The highest BCUT2D eigenvalue weighted by Gasteiger charge is 2.31. The molecule has 0 spiro atoms. The Kier molecular flexibility index (Phi) is 4.74. The molecule has 2 unspecified atom stereocenters. The first kappa shape index (κ1) is 16.6. The van der Waals surface area contributed by atoms with E-state index in [4.69, 9.17) is 4.74 Å². The van der Waals surface area contributed by atoms with Gasteiger partial charge < -0.3 is 14.9 Å². The predicted molar refractivity (Wildman–Crippen MR) is 94.2 cm³/mol. The lowest BCUT2D eigenvalue weighted by molar-refractivity contribution is 0.0325. The second kappa shape index (κ2) is 7.15. The van der Waals surface area contributed by atoms with Gasteiger partial charge in [-0.05, 0) is 43.5 Å². The molecule has 2 aliphatic rings. The average Bonchev–Trinajstić information content (AvgIpc) is 3.06. The number of hydrogen-bond acceptors (Lipinski definition) is 5. The van der Waals surface area contributed by atoms with E-state index in [1.807, 2.05) is 23.0 Å². The van der Waals surface area contributed by atoms with Gasteiger partial charge in [-0.1, -0.05) is 6.07 Å². The van der Waals surface area contributed by atoms with Crippen molar-refractivity contribution in [1.82, 2.24) is 14.7 Å². The Labute approximate surface area is 147 Å². The van der Waals surface area contributed by atoms with E-state index in [9.17, 15) is 10.2 Å². The maximum absolute atomic E-state index is 10.5. The molecular weight excluding hydrogens is 318 g/mol. The molecule has 1 aliphatic heterocycles. The molecule has 134 valence electrons. The highest BCUT2D eigenvalue weighted by molar-refractivity contribution is 5.41. The normalized spacial score (nSPS) is 24.2. The van der Waals surface area contributed by atoms with Crippen molar-refractivity contribution in [2.24, 2.45) is 0 Å². The Bertz CT molecular complexity index is 724. The standard InChI is InChI=1S/C19H25N3O3/c23-15-3-1-2-14(12-15)22-18-4-5-19(24)16(17(18)13-20-22)6-7-21-8-10-25-11-9-21/h1-3,12-13,16,19,23-24H,4-11H2. The number of aliphatic hydroxyl groups excluding tert-OH is 1. The third kappa shape index (κ3) is 3.42. The third-order valence-corrected chi connectivity index (χ3v) is 5.38. The van der Waals surface area contributed by atoms with Crippen LogP contribution in [-0.2, 0) is 11.2 Å². The van der Waals surface area contributed by atoms with Crippen molar-refractivity contribution in [3.8, 4) is 11.4 Å². The number of morpholine rings is 1. The summed E-state index contributed by atoms with van der Waals surface area (Å²) >= 11 is 0. The minimum Gasteiger partial charge on any atom is -0.508 e. The minimum absolute atomic E-state index is 0.123. The number of phenolic OH excluding ortho intramolecular Hbond substituents is 1. The van der Waals surface area contributed by atoms with E-state index in [1.165, 1.54) is 0 Å². The van der Waals surface area contributed by atoms with Gasteiger partial charge in [0.25, 0.3) is 0 Å². The zero-order chi connectivity index (χ0) is 17.2. The number of nitrogens with zero attached hydrogens (tertiary/aromatic N) is 3. The lowest BCUT2D eigenvalue weighted by Gasteiger charge is -2.32. The molecule has 6 nitrogen and oxygen atoms in total. The smallest absolute Gasteiger partial charge is 0.117 e. The van der Waals surface area contributed by atoms with Gasteiger partial charge in [-0.25, -0.2) is 4.68 Å². The average molecular weight is 343 g/mol. The second-order valence-corrected chi connectivity index (χ2v) is 6.93. The monoisotopic (exact) mass is 343 g/mol. The molecule has 1 saturated heterocycles. The molecular formula is C19H25N3O3. The summed E-state index contributed by atoms with van der Waals surface area (Å²) in [6.45, 7) is 4.51. The van der Waals surface area contributed by atoms with Crippen molar-refractivity contribution in [1.29, 1.82) is 0 Å². The fourth-order valence-electron chi connectivity index (χ4n) is 3.98. The van der Waals surface area contributed by atoms with Crippen molar-refractivity contribution in [3.63, 3.8) is 0 Å². The van der Waals surface area contributed by atoms with Crippen LogP contribution in [0.1, 0.15) is 30.0 Å². The Hall–Kier alpha value is -1.89. The fourth-order valence-corrected chi connectivity index (χ4v) is 3.98.